The molecular formula is C24H26N6O4. The summed E-state index contributed by atoms with van der Waals surface area (Å²) < 4.78 is 18.3. The lowest BCUT2D eigenvalue weighted by molar-refractivity contribution is 0.0954. The van der Waals surface area contributed by atoms with Crippen LogP contribution in [0.5, 0.6) is 11.5 Å². The molecule has 10 heteroatoms. The van der Waals surface area contributed by atoms with Gasteiger partial charge in [0.15, 0.2) is 23.0 Å². The van der Waals surface area contributed by atoms with Crippen LogP contribution in [-0.4, -0.2) is 50.6 Å². The molecule has 1 amide bonds. The molecule has 0 aliphatic carbocycles. The maximum atomic E-state index is 13.2. The summed E-state index contributed by atoms with van der Waals surface area (Å²) >= 11 is 0. The Labute approximate surface area is 196 Å². The number of nitrogens with one attached hydrogen (secondary N) is 1. The van der Waals surface area contributed by atoms with Crippen LogP contribution in [0.2, 0.25) is 0 Å². The van der Waals surface area contributed by atoms with Crippen LogP contribution >= 0.6 is 0 Å². The van der Waals surface area contributed by atoms with Gasteiger partial charge in [0.05, 0.1) is 22.8 Å². The molecule has 4 aromatic rings. The van der Waals surface area contributed by atoms with E-state index in [2.05, 4.69) is 20.6 Å². The molecule has 34 heavy (non-hydrogen) atoms. The first-order valence-corrected chi connectivity index (χ1v) is 11.4. The number of hydrogen-bond acceptors (Lipinski definition) is 8. The Hall–Kier alpha value is -3.95. The van der Waals surface area contributed by atoms with Gasteiger partial charge in [0.25, 0.3) is 5.91 Å². The average Bonchev–Trinajstić information content (AvgIpc) is 3.46. The van der Waals surface area contributed by atoms with Crippen molar-refractivity contribution in [1.29, 1.82) is 0 Å². The number of ether oxygens (including phenoxy) is 2. The van der Waals surface area contributed by atoms with E-state index in [1.165, 1.54) is 0 Å². The van der Waals surface area contributed by atoms with Crippen molar-refractivity contribution >= 4 is 16.9 Å². The first-order valence-electron chi connectivity index (χ1n) is 11.4. The molecule has 176 valence electrons. The van der Waals surface area contributed by atoms with E-state index in [9.17, 15) is 4.79 Å². The minimum atomic E-state index is -0.184. The second-order valence-corrected chi connectivity index (χ2v) is 8.43. The third kappa shape index (κ3) is 4.30. The normalized spacial score (nSPS) is 12.9. The highest BCUT2D eigenvalue weighted by Gasteiger charge is 2.20. The zero-order valence-corrected chi connectivity index (χ0v) is 19.4. The summed E-state index contributed by atoms with van der Waals surface area (Å²) in [6.45, 7) is 7.34. The van der Waals surface area contributed by atoms with Crippen molar-refractivity contribution in [3.05, 3.63) is 47.7 Å². The van der Waals surface area contributed by atoms with E-state index in [0.717, 1.165) is 5.56 Å². The number of hydrogen-bond donors (Lipinski definition) is 1. The van der Waals surface area contributed by atoms with Crippen LogP contribution in [0, 0.1) is 6.92 Å². The molecule has 0 spiro atoms. The van der Waals surface area contributed by atoms with Crippen LogP contribution in [0.1, 0.15) is 48.4 Å². The highest BCUT2D eigenvalue weighted by molar-refractivity contribution is 6.06. The minimum absolute atomic E-state index is 0.0919. The van der Waals surface area contributed by atoms with Crippen molar-refractivity contribution in [2.75, 3.05) is 19.8 Å². The molecule has 3 aromatic heterocycles. The predicted molar refractivity (Wildman–Crippen MR) is 124 cm³/mol. The van der Waals surface area contributed by atoms with Crippen molar-refractivity contribution in [1.82, 2.24) is 30.2 Å². The van der Waals surface area contributed by atoms with E-state index >= 15 is 0 Å². The Balaban J connectivity index is 1.43. The van der Waals surface area contributed by atoms with Gasteiger partial charge in [-0.1, -0.05) is 5.16 Å². The number of fused-ring (bicyclic) bond motifs is 2. The third-order valence-corrected chi connectivity index (χ3v) is 5.56. The van der Waals surface area contributed by atoms with E-state index in [-0.39, 0.29) is 11.9 Å². The van der Waals surface area contributed by atoms with E-state index in [0.29, 0.717) is 78.1 Å². The Morgan fingerprint density at radius 2 is 1.97 bits per heavy atom. The highest BCUT2D eigenvalue weighted by atomic mass is 16.6. The number of amides is 1. The quantitative estimate of drug-likeness (QED) is 0.415. The number of aromatic nitrogens is 5. The molecule has 0 unspecified atom stereocenters. The molecule has 0 bridgehead atoms. The Morgan fingerprint density at radius 1 is 1.15 bits per heavy atom. The van der Waals surface area contributed by atoms with Crippen molar-refractivity contribution in [3.63, 3.8) is 0 Å². The van der Waals surface area contributed by atoms with Gasteiger partial charge in [-0.25, -0.2) is 9.67 Å². The van der Waals surface area contributed by atoms with Crippen molar-refractivity contribution in [3.8, 4) is 22.8 Å². The lowest BCUT2D eigenvalue weighted by Crippen LogP contribution is -2.25. The number of aryl methyl sites for hydroxylation is 2. The van der Waals surface area contributed by atoms with Crippen LogP contribution in [-0.2, 0) is 6.42 Å². The molecule has 0 atom stereocenters. The van der Waals surface area contributed by atoms with Gasteiger partial charge in [0.1, 0.15) is 13.2 Å². The number of carbonyl (C=O) groups is 1. The van der Waals surface area contributed by atoms with E-state index in [1.54, 1.807) is 19.2 Å². The Bertz CT molecular complexity index is 1340. The van der Waals surface area contributed by atoms with Gasteiger partial charge in [0, 0.05) is 24.6 Å². The van der Waals surface area contributed by atoms with Gasteiger partial charge in [0.2, 0.25) is 5.89 Å². The summed E-state index contributed by atoms with van der Waals surface area (Å²) in [6, 6.07) is 7.58. The minimum Gasteiger partial charge on any atom is -0.486 e. The molecule has 0 fully saturated rings. The van der Waals surface area contributed by atoms with Gasteiger partial charge < -0.3 is 19.3 Å². The topological polar surface area (TPSA) is 117 Å². The zero-order valence-electron chi connectivity index (χ0n) is 19.4. The van der Waals surface area contributed by atoms with Crippen LogP contribution in [0.3, 0.4) is 0 Å². The molecule has 5 rings (SSSR count). The first-order chi connectivity index (χ1) is 16.5. The fourth-order valence-electron chi connectivity index (χ4n) is 3.91. The standard InChI is InChI=1S/C24H26N6O4/c1-14(2)30-23-18(13-26-30)17(24(31)25-8-4-5-22-27-15(3)29-34-22)12-19(28-23)16-6-7-20-21(11-16)33-10-9-32-20/h6-7,11-14H,4-5,8-10H2,1-3H3,(H,25,31). The van der Waals surface area contributed by atoms with E-state index in [1.807, 2.05) is 36.7 Å². The molecule has 0 saturated carbocycles. The molecule has 1 aliphatic rings. The van der Waals surface area contributed by atoms with Crippen molar-refractivity contribution in [2.45, 2.75) is 39.7 Å². The number of benzene rings is 1. The van der Waals surface area contributed by atoms with Gasteiger partial charge in [-0.05, 0) is 51.5 Å². The fourth-order valence-corrected chi connectivity index (χ4v) is 3.91. The number of nitrogens with zero attached hydrogens (tertiary/aromatic N) is 5. The average molecular weight is 463 g/mol. The summed E-state index contributed by atoms with van der Waals surface area (Å²) in [7, 11) is 0. The van der Waals surface area contributed by atoms with Crippen molar-refractivity contribution in [2.24, 2.45) is 0 Å². The zero-order chi connectivity index (χ0) is 23.7. The fraction of sp³-hybridized carbons (Fsp3) is 0.375. The predicted octanol–water partition coefficient (Wildman–Crippen LogP) is 3.50. The summed E-state index contributed by atoms with van der Waals surface area (Å²) in [5, 5.41) is 12.0. The van der Waals surface area contributed by atoms with Gasteiger partial charge in [-0.2, -0.15) is 10.1 Å². The first kappa shape index (κ1) is 21.9. The van der Waals surface area contributed by atoms with Crippen LogP contribution in [0.4, 0.5) is 0 Å². The summed E-state index contributed by atoms with van der Waals surface area (Å²) in [4.78, 5) is 22.2. The molecule has 1 N–H and O–H groups in total. The second kappa shape index (κ2) is 9.12. The summed E-state index contributed by atoms with van der Waals surface area (Å²) in [6.07, 6.45) is 2.98. The molecule has 10 nitrogen and oxygen atoms in total. The lowest BCUT2D eigenvalue weighted by Gasteiger charge is -2.19. The SMILES string of the molecule is Cc1noc(CCCNC(=O)c2cc(-c3ccc4c(c3)OCCO4)nc3c2cnn3C(C)C)n1. The van der Waals surface area contributed by atoms with Gasteiger partial charge >= 0.3 is 0 Å². The number of rotatable bonds is 7. The summed E-state index contributed by atoms with van der Waals surface area (Å²) in [5.74, 6) is 2.36. The maximum Gasteiger partial charge on any atom is 0.252 e. The molecule has 0 radical (unpaired) electrons. The van der Waals surface area contributed by atoms with Crippen molar-refractivity contribution < 1.29 is 18.8 Å². The molecule has 4 heterocycles. The van der Waals surface area contributed by atoms with Gasteiger partial charge in [-0.15, -0.1) is 0 Å². The van der Waals surface area contributed by atoms with E-state index < -0.39 is 0 Å². The van der Waals surface area contributed by atoms with Gasteiger partial charge in [-0.3, -0.25) is 4.79 Å². The second-order valence-electron chi connectivity index (χ2n) is 8.43. The molecule has 0 saturated heterocycles. The van der Waals surface area contributed by atoms with Crippen LogP contribution in [0.25, 0.3) is 22.3 Å². The maximum absolute atomic E-state index is 13.2. The Morgan fingerprint density at radius 3 is 2.74 bits per heavy atom. The smallest absolute Gasteiger partial charge is 0.252 e. The van der Waals surface area contributed by atoms with Crippen LogP contribution in [0.15, 0.2) is 35.0 Å². The molecule has 1 aromatic carbocycles. The number of carbonyl (C=O) groups excluding carboxylic acids is 1. The van der Waals surface area contributed by atoms with E-state index in [4.69, 9.17) is 19.0 Å². The van der Waals surface area contributed by atoms with Crippen LogP contribution < -0.4 is 14.8 Å². The lowest BCUT2D eigenvalue weighted by atomic mass is 10.1. The third-order valence-electron chi connectivity index (χ3n) is 5.56. The largest absolute Gasteiger partial charge is 0.486 e. The number of pyridine rings is 1. The Kier molecular flexibility index (Phi) is 5.87. The summed E-state index contributed by atoms with van der Waals surface area (Å²) in [5.41, 5.74) is 2.69. The molecule has 1 aliphatic heterocycles. The highest BCUT2D eigenvalue weighted by Crippen LogP contribution is 2.35. The monoisotopic (exact) mass is 462 g/mol. The molecular weight excluding hydrogens is 436 g/mol.